The number of para-hydroxylation sites is 2. The highest BCUT2D eigenvalue weighted by Gasteiger charge is 2.33. The van der Waals surface area contributed by atoms with E-state index in [2.05, 4.69) is 27.7 Å². The third kappa shape index (κ3) is 10.0. The first-order chi connectivity index (χ1) is 30.4. The molecule has 8 rings (SSSR count). The van der Waals surface area contributed by atoms with E-state index in [1.54, 1.807) is 6.07 Å². The Kier molecular flexibility index (Phi) is 13.6. The lowest BCUT2D eigenvalue weighted by Gasteiger charge is -2.35. The predicted molar refractivity (Wildman–Crippen MR) is 246 cm³/mol. The van der Waals surface area contributed by atoms with Gasteiger partial charge in [0, 0.05) is 22.0 Å². The highest BCUT2D eigenvalue weighted by molar-refractivity contribution is 7.27. The van der Waals surface area contributed by atoms with Crippen LogP contribution in [0.3, 0.4) is 0 Å². The zero-order valence-electron chi connectivity index (χ0n) is 36.3. The molecule has 6 aromatic rings. The van der Waals surface area contributed by atoms with Crippen LogP contribution in [0.4, 0.5) is 0 Å². The minimum atomic E-state index is -0.638. The number of ether oxygens (including phenoxy) is 5. The molecule has 0 saturated carbocycles. The Labute approximate surface area is 371 Å². The highest BCUT2D eigenvalue weighted by Crippen LogP contribution is 2.52. The van der Waals surface area contributed by atoms with Crippen molar-refractivity contribution in [2.24, 2.45) is 10.8 Å². The number of hydrogen-bond donors (Lipinski definition) is 0. The van der Waals surface area contributed by atoms with Crippen molar-refractivity contribution >= 4 is 51.4 Å². The number of hydrogen-bond acceptors (Lipinski definition) is 11. The summed E-state index contributed by atoms with van der Waals surface area (Å²) in [5.41, 5.74) is 2.78. The summed E-state index contributed by atoms with van der Waals surface area (Å²) >= 11 is 0. The van der Waals surface area contributed by atoms with E-state index in [0.717, 1.165) is 27.1 Å². The summed E-state index contributed by atoms with van der Waals surface area (Å²) in [5.74, 6) is 0.713. The maximum atomic E-state index is 14.2. The largest absolute Gasteiger partial charge is 0.462 e. The number of Topliss-reactive ketones (excluding diaryl/α,β-unsaturated/α-hetero) is 1. The number of rotatable bonds is 15. The summed E-state index contributed by atoms with van der Waals surface area (Å²) < 4.78 is 56.5. The molecular formula is C50H52O11P2. The molecule has 0 bridgehead atoms. The van der Waals surface area contributed by atoms with Crippen LogP contribution in [0.25, 0.3) is 32.7 Å². The number of fused-ring (bicyclic) bond motifs is 2. The molecule has 0 spiro atoms. The topological polar surface area (TPSA) is 117 Å². The van der Waals surface area contributed by atoms with Gasteiger partial charge in [-0.15, -0.1) is 0 Å². The fourth-order valence-electron chi connectivity index (χ4n) is 7.55. The molecule has 2 atom stereocenters. The molecule has 2 fully saturated rings. The number of esters is 1. The lowest BCUT2D eigenvalue weighted by atomic mass is 9.88. The molecule has 11 nitrogen and oxygen atoms in total. The maximum absolute atomic E-state index is 14.2. The van der Waals surface area contributed by atoms with E-state index >= 15 is 0 Å². The molecule has 13 heteroatoms. The van der Waals surface area contributed by atoms with E-state index in [-0.39, 0.29) is 40.3 Å². The number of carbonyl (C=O) groups excluding carboxylic acids is 2. The molecule has 2 heterocycles. The van der Waals surface area contributed by atoms with Crippen LogP contribution in [0.5, 0.6) is 23.0 Å². The fraction of sp³-hybridized carbons (Fsp3) is 0.320. The Morgan fingerprint density at radius 3 is 1.46 bits per heavy atom. The summed E-state index contributed by atoms with van der Waals surface area (Å²) in [5, 5.41) is 3.04. The third-order valence-electron chi connectivity index (χ3n) is 10.7. The number of ketones is 1. The Balaban J connectivity index is 1.23. The molecule has 0 aromatic heterocycles. The van der Waals surface area contributed by atoms with Crippen LogP contribution >= 0.6 is 18.1 Å². The van der Waals surface area contributed by atoms with Gasteiger partial charge in [-0.3, -0.25) is 4.79 Å². The fourth-order valence-corrected chi connectivity index (χ4v) is 8.77. The first-order valence-electron chi connectivity index (χ1n) is 21.0. The molecule has 63 heavy (non-hydrogen) atoms. The van der Waals surface area contributed by atoms with Gasteiger partial charge in [0.1, 0.15) is 28.6 Å². The highest BCUT2D eigenvalue weighted by atomic mass is 31.1. The lowest BCUT2D eigenvalue weighted by molar-refractivity contribution is -0.226. The minimum absolute atomic E-state index is 0.114. The maximum Gasteiger partial charge on any atom is 0.341 e. The zero-order chi connectivity index (χ0) is 44.1. The molecule has 0 radical (unpaired) electrons. The van der Waals surface area contributed by atoms with Crippen molar-refractivity contribution in [1.29, 1.82) is 0 Å². The SMILES string of the molecule is CCCOC(=O)c1cc2ccccc2c(-c2c(OPOc3ccccc3C3OCC(C)(C)CO3)c(C(C)=O)cc3ccccc23)c1OPOc1ccccc1C1OCC(C)(C)CO1. The Morgan fingerprint density at radius 2 is 1.00 bits per heavy atom. The summed E-state index contributed by atoms with van der Waals surface area (Å²) in [7, 11) is -1.25. The smallest absolute Gasteiger partial charge is 0.341 e. The monoisotopic (exact) mass is 890 g/mol. The first kappa shape index (κ1) is 44.5. The molecule has 0 amide bonds. The van der Waals surface area contributed by atoms with E-state index in [4.69, 9.17) is 41.8 Å². The quantitative estimate of drug-likeness (QED) is 0.0557. The van der Waals surface area contributed by atoms with E-state index < -0.39 is 36.6 Å². The van der Waals surface area contributed by atoms with Gasteiger partial charge in [0.15, 0.2) is 18.4 Å². The summed E-state index contributed by atoms with van der Waals surface area (Å²) in [6.07, 6.45) is -0.620. The van der Waals surface area contributed by atoms with Crippen molar-refractivity contribution in [3.63, 3.8) is 0 Å². The van der Waals surface area contributed by atoms with Crippen molar-refractivity contribution < 1.29 is 51.4 Å². The van der Waals surface area contributed by atoms with Crippen molar-refractivity contribution in [2.75, 3.05) is 33.0 Å². The second-order valence-electron chi connectivity index (χ2n) is 17.3. The normalized spacial score (nSPS) is 16.8. The first-order valence-corrected chi connectivity index (χ1v) is 22.7. The van der Waals surface area contributed by atoms with Crippen LogP contribution in [-0.4, -0.2) is 44.8 Å². The molecule has 2 aliphatic rings. The van der Waals surface area contributed by atoms with Gasteiger partial charge in [0.25, 0.3) is 18.1 Å². The second-order valence-corrected chi connectivity index (χ2v) is 18.4. The number of benzene rings is 6. The molecule has 2 aliphatic heterocycles. The van der Waals surface area contributed by atoms with Crippen LogP contribution in [0.2, 0.25) is 0 Å². The van der Waals surface area contributed by atoms with Crippen molar-refractivity contribution in [2.45, 2.75) is 60.5 Å². The van der Waals surface area contributed by atoms with E-state index in [9.17, 15) is 9.59 Å². The van der Waals surface area contributed by atoms with Crippen molar-refractivity contribution in [3.8, 4) is 34.1 Å². The molecule has 2 unspecified atom stereocenters. The second kappa shape index (κ2) is 19.3. The Bertz CT molecular complexity index is 2610. The van der Waals surface area contributed by atoms with Gasteiger partial charge in [0.2, 0.25) is 0 Å². The number of carbonyl (C=O) groups is 2. The molecule has 0 aliphatic carbocycles. The molecule has 2 saturated heterocycles. The van der Waals surface area contributed by atoms with Crippen molar-refractivity contribution in [1.82, 2.24) is 0 Å². The summed E-state index contributed by atoms with van der Waals surface area (Å²) in [4.78, 5) is 27.9. The molecular weight excluding hydrogens is 838 g/mol. The Hall–Kier alpha value is -5.12. The average molecular weight is 891 g/mol. The van der Waals surface area contributed by atoms with Gasteiger partial charge < -0.3 is 41.8 Å². The standard InChI is InChI=1S/C50H52O11P2/c1-7-24-53-46(52)39-26-33-17-9-11-19-35(33)43(45(39)61-63-59-41-23-15-13-21-37(41)48-56-29-50(5,6)30-57-48)42-34-18-10-8-16-32(34)25-38(31(2)51)44(42)60-62-58-40-22-14-12-20-36(40)47-54-27-49(3,4)28-55-47/h8-23,25-26,47-48,62-63H,7,24,27-30H2,1-6H3. The van der Waals surface area contributed by atoms with Crippen molar-refractivity contribution in [3.05, 3.63) is 131 Å². The van der Waals surface area contributed by atoms with Gasteiger partial charge in [-0.1, -0.05) is 120 Å². The van der Waals surface area contributed by atoms with Gasteiger partial charge in [-0.25, -0.2) is 4.79 Å². The third-order valence-corrected chi connectivity index (χ3v) is 11.9. The molecule has 0 N–H and O–H groups in total. The lowest BCUT2D eigenvalue weighted by Crippen LogP contribution is -2.33. The van der Waals surface area contributed by atoms with E-state index in [0.29, 0.717) is 66.6 Å². The predicted octanol–water partition coefficient (Wildman–Crippen LogP) is 12.5. The molecule has 328 valence electrons. The van der Waals surface area contributed by atoms with Crippen LogP contribution in [0, 0.1) is 10.8 Å². The minimum Gasteiger partial charge on any atom is -0.462 e. The van der Waals surface area contributed by atoms with Crippen LogP contribution in [-0.2, 0) is 23.7 Å². The van der Waals surface area contributed by atoms with Gasteiger partial charge in [0.05, 0.1) is 49.7 Å². The zero-order valence-corrected chi connectivity index (χ0v) is 38.3. The van der Waals surface area contributed by atoms with Crippen LogP contribution in [0.15, 0.2) is 109 Å². The van der Waals surface area contributed by atoms with Gasteiger partial charge >= 0.3 is 5.97 Å². The Morgan fingerprint density at radius 1 is 0.587 bits per heavy atom. The van der Waals surface area contributed by atoms with Gasteiger partial charge in [-0.05, 0) is 59.2 Å². The summed E-state index contributed by atoms with van der Waals surface area (Å²) in [6, 6.07) is 34.0. The van der Waals surface area contributed by atoms with Crippen LogP contribution in [0.1, 0.15) is 92.4 Å². The van der Waals surface area contributed by atoms with Gasteiger partial charge in [-0.2, -0.15) is 0 Å². The van der Waals surface area contributed by atoms with E-state index in [1.165, 1.54) is 6.92 Å². The molecule has 6 aromatic carbocycles. The van der Waals surface area contributed by atoms with Crippen LogP contribution < -0.4 is 18.1 Å². The average Bonchev–Trinajstić information content (AvgIpc) is 3.28. The van der Waals surface area contributed by atoms with E-state index in [1.807, 2.05) is 110 Å². The summed E-state index contributed by atoms with van der Waals surface area (Å²) in [6.45, 7) is 14.1.